The van der Waals surface area contributed by atoms with E-state index in [1.54, 1.807) is 18.2 Å². The number of carbonyl (C=O) groups is 1. The number of methoxy groups -OCH3 is 1. The van der Waals surface area contributed by atoms with E-state index in [0.29, 0.717) is 24.3 Å². The van der Waals surface area contributed by atoms with Gasteiger partial charge >= 0.3 is 5.97 Å². The standard InChI is InChI=1S/C14H19NO5S/c1-11-4-6-13(10-12(11)5-7-14(16)17)15-21(18,19)9-3-8-20-2/h4-7,10,15H,3,8-9H2,1-2H3,(H,16,17). The van der Waals surface area contributed by atoms with E-state index in [0.717, 1.165) is 11.6 Å². The maximum atomic E-state index is 11.9. The van der Waals surface area contributed by atoms with Crippen molar-refractivity contribution in [1.29, 1.82) is 0 Å². The smallest absolute Gasteiger partial charge is 0.328 e. The lowest BCUT2D eigenvalue weighted by atomic mass is 10.1. The predicted octanol–water partition coefficient (Wildman–Crippen LogP) is 1.87. The van der Waals surface area contributed by atoms with Crippen LogP contribution < -0.4 is 4.72 Å². The highest BCUT2D eigenvalue weighted by molar-refractivity contribution is 7.92. The molecule has 116 valence electrons. The molecule has 0 aliphatic carbocycles. The quantitative estimate of drug-likeness (QED) is 0.564. The second-order valence-electron chi connectivity index (χ2n) is 4.51. The third-order valence-corrected chi connectivity index (χ3v) is 4.09. The lowest BCUT2D eigenvalue weighted by Gasteiger charge is -2.10. The average Bonchev–Trinajstić information content (AvgIpc) is 2.39. The lowest BCUT2D eigenvalue weighted by Crippen LogP contribution is -2.17. The molecule has 21 heavy (non-hydrogen) atoms. The fourth-order valence-electron chi connectivity index (χ4n) is 1.67. The Morgan fingerprint density at radius 2 is 2.14 bits per heavy atom. The summed E-state index contributed by atoms with van der Waals surface area (Å²) in [6, 6.07) is 4.97. The first-order valence-electron chi connectivity index (χ1n) is 6.35. The third kappa shape index (κ3) is 6.42. The van der Waals surface area contributed by atoms with Crippen LogP contribution in [0.15, 0.2) is 24.3 Å². The van der Waals surface area contributed by atoms with Gasteiger partial charge in [-0.3, -0.25) is 4.72 Å². The summed E-state index contributed by atoms with van der Waals surface area (Å²) in [5.41, 5.74) is 1.91. The van der Waals surface area contributed by atoms with E-state index < -0.39 is 16.0 Å². The first-order chi connectivity index (χ1) is 9.84. The molecule has 1 aromatic rings. The van der Waals surface area contributed by atoms with Crippen molar-refractivity contribution in [2.75, 3.05) is 24.2 Å². The second-order valence-corrected chi connectivity index (χ2v) is 6.35. The molecule has 0 aliphatic heterocycles. The van der Waals surface area contributed by atoms with Crippen molar-refractivity contribution in [2.24, 2.45) is 0 Å². The van der Waals surface area contributed by atoms with Crippen LogP contribution in [0.5, 0.6) is 0 Å². The molecular weight excluding hydrogens is 294 g/mol. The van der Waals surface area contributed by atoms with Crippen LogP contribution in [0.3, 0.4) is 0 Å². The number of anilines is 1. The number of aliphatic carboxylic acids is 1. The van der Waals surface area contributed by atoms with Gasteiger partial charge in [0.05, 0.1) is 5.75 Å². The molecule has 0 aromatic heterocycles. The Morgan fingerprint density at radius 1 is 1.43 bits per heavy atom. The van der Waals surface area contributed by atoms with Gasteiger partial charge < -0.3 is 9.84 Å². The monoisotopic (exact) mass is 313 g/mol. The van der Waals surface area contributed by atoms with E-state index >= 15 is 0 Å². The summed E-state index contributed by atoms with van der Waals surface area (Å²) in [5, 5.41) is 8.63. The van der Waals surface area contributed by atoms with Crippen LogP contribution in [0, 0.1) is 6.92 Å². The van der Waals surface area contributed by atoms with Gasteiger partial charge in [0.25, 0.3) is 0 Å². The molecule has 0 radical (unpaired) electrons. The molecule has 0 saturated carbocycles. The van der Waals surface area contributed by atoms with Gasteiger partial charge in [0.1, 0.15) is 0 Å². The number of benzene rings is 1. The first-order valence-corrected chi connectivity index (χ1v) is 8.00. The Balaban J connectivity index is 2.85. The molecule has 7 heteroatoms. The van der Waals surface area contributed by atoms with E-state index in [1.807, 2.05) is 6.92 Å². The Bertz CT molecular complexity index is 622. The number of sulfonamides is 1. The summed E-state index contributed by atoms with van der Waals surface area (Å²) < 4.78 is 31.0. The molecule has 0 unspecified atom stereocenters. The van der Waals surface area contributed by atoms with E-state index in [4.69, 9.17) is 9.84 Å². The number of aryl methyl sites for hydroxylation is 1. The maximum Gasteiger partial charge on any atom is 0.328 e. The molecule has 0 fully saturated rings. The average molecular weight is 313 g/mol. The Labute approximate surface area is 124 Å². The number of carboxylic acids is 1. The van der Waals surface area contributed by atoms with Gasteiger partial charge in [-0.05, 0) is 42.7 Å². The van der Waals surface area contributed by atoms with Gasteiger partial charge in [0.15, 0.2) is 0 Å². The highest BCUT2D eigenvalue weighted by Gasteiger charge is 2.10. The molecular formula is C14H19NO5S. The topological polar surface area (TPSA) is 92.7 Å². The van der Waals surface area contributed by atoms with Crippen molar-refractivity contribution >= 4 is 27.8 Å². The van der Waals surface area contributed by atoms with Gasteiger partial charge in [-0.1, -0.05) is 6.07 Å². The molecule has 0 aliphatic rings. The van der Waals surface area contributed by atoms with Crippen LogP contribution in [-0.2, 0) is 19.6 Å². The van der Waals surface area contributed by atoms with Crippen LogP contribution in [0.1, 0.15) is 17.5 Å². The van der Waals surface area contributed by atoms with E-state index in [-0.39, 0.29) is 5.75 Å². The van der Waals surface area contributed by atoms with Crippen molar-refractivity contribution in [3.63, 3.8) is 0 Å². The van der Waals surface area contributed by atoms with Gasteiger partial charge in [-0.25, -0.2) is 13.2 Å². The fourth-order valence-corrected chi connectivity index (χ4v) is 2.75. The molecule has 0 heterocycles. The summed E-state index contributed by atoms with van der Waals surface area (Å²) in [7, 11) is -1.92. The number of carboxylic acid groups (broad SMARTS) is 1. The third-order valence-electron chi connectivity index (χ3n) is 2.72. The van der Waals surface area contributed by atoms with E-state index in [2.05, 4.69) is 4.72 Å². The lowest BCUT2D eigenvalue weighted by molar-refractivity contribution is -0.131. The Hall–Kier alpha value is -1.86. The van der Waals surface area contributed by atoms with Crippen LogP contribution in [-0.4, -0.2) is 39.0 Å². The van der Waals surface area contributed by atoms with Crippen LogP contribution in [0.4, 0.5) is 5.69 Å². The first kappa shape index (κ1) is 17.2. The minimum absolute atomic E-state index is 0.0327. The van der Waals surface area contributed by atoms with Crippen LogP contribution in [0.2, 0.25) is 0 Å². The normalized spacial score (nSPS) is 11.7. The molecule has 0 saturated heterocycles. The largest absolute Gasteiger partial charge is 0.478 e. The highest BCUT2D eigenvalue weighted by Crippen LogP contribution is 2.18. The summed E-state index contributed by atoms with van der Waals surface area (Å²) >= 11 is 0. The number of rotatable bonds is 8. The van der Waals surface area contributed by atoms with Crippen molar-refractivity contribution in [3.05, 3.63) is 35.4 Å². The van der Waals surface area contributed by atoms with Crippen LogP contribution in [0.25, 0.3) is 6.08 Å². The Kier molecular flexibility index (Phi) is 6.39. The Morgan fingerprint density at radius 3 is 2.76 bits per heavy atom. The zero-order valence-electron chi connectivity index (χ0n) is 12.0. The fraction of sp³-hybridized carbons (Fsp3) is 0.357. The zero-order valence-corrected chi connectivity index (χ0v) is 12.8. The second kappa shape index (κ2) is 7.80. The van der Waals surface area contributed by atoms with Gasteiger partial charge in [-0.15, -0.1) is 0 Å². The summed E-state index contributed by atoms with van der Waals surface area (Å²) in [6.07, 6.45) is 2.85. The van der Waals surface area contributed by atoms with Crippen molar-refractivity contribution < 1.29 is 23.1 Å². The van der Waals surface area contributed by atoms with Crippen molar-refractivity contribution in [1.82, 2.24) is 0 Å². The summed E-state index contributed by atoms with van der Waals surface area (Å²) in [6.45, 7) is 2.19. The minimum Gasteiger partial charge on any atom is -0.478 e. The maximum absolute atomic E-state index is 11.9. The summed E-state index contributed by atoms with van der Waals surface area (Å²) in [5.74, 6) is -1.09. The number of hydrogen-bond acceptors (Lipinski definition) is 4. The molecule has 6 nitrogen and oxygen atoms in total. The molecule has 2 N–H and O–H groups in total. The SMILES string of the molecule is COCCCS(=O)(=O)Nc1ccc(C)c(C=CC(=O)O)c1. The predicted molar refractivity (Wildman–Crippen MR) is 81.8 cm³/mol. The summed E-state index contributed by atoms with van der Waals surface area (Å²) in [4.78, 5) is 10.5. The van der Waals surface area contributed by atoms with Crippen LogP contribution >= 0.6 is 0 Å². The molecule has 0 spiro atoms. The molecule has 1 rings (SSSR count). The number of ether oxygens (including phenoxy) is 1. The van der Waals surface area contributed by atoms with E-state index in [1.165, 1.54) is 13.2 Å². The van der Waals surface area contributed by atoms with Gasteiger partial charge in [-0.2, -0.15) is 0 Å². The van der Waals surface area contributed by atoms with E-state index in [9.17, 15) is 13.2 Å². The van der Waals surface area contributed by atoms with Gasteiger partial charge in [0, 0.05) is 25.5 Å². The van der Waals surface area contributed by atoms with Crippen molar-refractivity contribution in [2.45, 2.75) is 13.3 Å². The molecule has 0 atom stereocenters. The molecule has 0 amide bonds. The van der Waals surface area contributed by atoms with Gasteiger partial charge in [0.2, 0.25) is 10.0 Å². The van der Waals surface area contributed by atoms with Crippen molar-refractivity contribution in [3.8, 4) is 0 Å². The minimum atomic E-state index is -3.44. The zero-order chi connectivity index (χ0) is 15.9. The highest BCUT2D eigenvalue weighted by atomic mass is 32.2. The molecule has 0 bridgehead atoms. The number of hydrogen-bond donors (Lipinski definition) is 2. The molecule has 1 aromatic carbocycles. The number of nitrogens with one attached hydrogen (secondary N) is 1.